The molecule has 1 aliphatic carbocycles. The highest BCUT2D eigenvalue weighted by atomic mass is 16.3. The van der Waals surface area contributed by atoms with Crippen LogP contribution in [-0.4, -0.2) is 19.5 Å². The monoisotopic (exact) mass is 726 g/mol. The van der Waals surface area contributed by atoms with E-state index in [9.17, 15) is 0 Å². The fourth-order valence-corrected chi connectivity index (χ4v) is 9.92. The Kier molecular flexibility index (Phi) is 6.04. The summed E-state index contributed by atoms with van der Waals surface area (Å²) >= 11 is 0. The molecule has 1 unspecified atom stereocenters. The van der Waals surface area contributed by atoms with E-state index >= 15 is 0 Å². The third kappa shape index (κ3) is 4.04. The van der Waals surface area contributed by atoms with Gasteiger partial charge in [-0.3, -0.25) is 0 Å². The Bertz CT molecular complexity index is 3490. The Morgan fingerprint density at radius 3 is 1.88 bits per heavy atom. The molecule has 8 aromatic carbocycles. The summed E-state index contributed by atoms with van der Waals surface area (Å²) in [7, 11) is 0. The number of nitrogens with zero attached hydrogens (tertiary/aromatic N) is 4. The number of furan rings is 1. The van der Waals surface area contributed by atoms with Gasteiger partial charge in [0.2, 0.25) is 0 Å². The van der Waals surface area contributed by atoms with Gasteiger partial charge in [0.05, 0.1) is 22.1 Å². The normalized spacial score (nSPS) is 15.1. The van der Waals surface area contributed by atoms with Crippen molar-refractivity contribution >= 4 is 43.7 Å². The summed E-state index contributed by atoms with van der Waals surface area (Å²) in [5.74, 6) is 1.84. The van der Waals surface area contributed by atoms with E-state index in [1.165, 1.54) is 60.9 Å². The molecular formula is C52H30N4O. The topological polar surface area (TPSA) is 56.7 Å². The summed E-state index contributed by atoms with van der Waals surface area (Å²) in [4.78, 5) is 15.5. The van der Waals surface area contributed by atoms with Crippen LogP contribution in [0.4, 0.5) is 0 Å². The van der Waals surface area contributed by atoms with Gasteiger partial charge in [-0.25, -0.2) is 15.0 Å². The zero-order chi connectivity index (χ0) is 37.2. The van der Waals surface area contributed by atoms with E-state index in [1.54, 1.807) is 0 Å². The van der Waals surface area contributed by atoms with Crippen molar-refractivity contribution < 1.29 is 4.42 Å². The van der Waals surface area contributed by atoms with Crippen LogP contribution in [0.25, 0.3) is 94.7 Å². The van der Waals surface area contributed by atoms with Crippen molar-refractivity contribution in [3.63, 3.8) is 0 Å². The predicted octanol–water partition coefficient (Wildman–Crippen LogP) is 12.5. The maximum atomic E-state index is 6.31. The van der Waals surface area contributed by atoms with E-state index in [1.807, 2.05) is 36.4 Å². The minimum Gasteiger partial charge on any atom is -0.456 e. The number of aromatic nitrogens is 4. The summed E-state index contributed by atoms with van der Waals surface area (Å²) in [6.45, 7) is 0. The van der Waals surface area contributed by atoms with Gasteiger partial charge in [-0.2, -0.15) is 0 Å². The summed E-state index contributed by atoms with van der Waals surface area (Å²) in [5, 5.41) is 4.68. The lowest BCUT2D eigenvalue weighted by molar-refractivity contribution is 0.669. The van der Waals surface area contributed by atoms with Crippen molar-refractivity contribution in [2.45, 2.75) is 5.41 Å². The SMILES string of the molecule is c1ccc(-c2nc(-c3ccc4c(c3)C3(c5ccccc5-4)c4ccccc4-n4c5ccccc5c5cccc3c54)nc(-c3ccc4c(c3)oc3ccccc34)n2)cc1. The largest absolute Gasteiger partial charge is 0.456 e. The Hall–Kier alpha value is -7.63. The van der Waals surface area contributed by atoms with E-state index < -0.39 is 5.41 Å². The third-order valence-corrected chi connectivity index (χ3v) is 12.3. The van der Waals surface area contributed by atoms with Crippen LogP contribution in [0.2, 0.25) is 0 Å². The van der Waals surface area contributed by atoms with Crippen LogP contribution < -0.4 is 0 Å². The van der Waals surface area contributed by atoms with Crippen LogP contribution in [0, 0.1) is 0 Å². The smallest absolute Gasteiger partial charge is 0.164 e. The number of fused-ring (bicyclic) bond motifs is 15. The average molecular weight is 727 g/mol. The number of hydrogen-bond donors (Lipinski definition) is 0. The van der Waals surface area contributed by atoms with Crippen molar-refractivity contribution in [3.8, 4) is 51.0 Å². The number of hydrogen-bond acceptors (Lipinski definition) is 4. The molecule has 0 saturated heterocycles. The van der Waals surface area contributed by atoms with E-state index in [0.29, 0.717) is 17.5 Å². The minimum atomic E-state index is -0.577. The molecule has 4 heterocycles. The molecule has 5 nitrogen and oxygen atoms in total. The second-order valence-electron chi connectivity index (χ2n) is 15.1. The van der Waals surface area contributed by atoms with Crippen LogP contribution in [0.3, 0.4) is 0 Å². The highest BCUT2D eigenvalue weighted by Gasteiger charge is 2.50. The third-order valence-electron chi connectivity index (χ3n) is 12.3. The highest BCUT2D eigenvalue weighted by Crippen LogP contribution is 2.61. The van der Waals surface area contributed by atoms with Crippen molar-refractivity contribution in [1.82, 2.24) is 19.5 Å². The van der Waals surface area contributed by atoms with Gasteiger partial charge in [-0.05, 0) is 69.8 Å². The second kappa shape index (κ2) is 11.2. The molecule has 0 N–H and O–H groups in total. The number of benzene rings is 8. The highest BCUT2D eigenvalue weighted by molar-refractivity contribution is 6.13. The molecule has 0 saturated carbocycles. The summed E-state index contributed by atoms with van der Waals surface area (Å²) in [5.41, 5.74) is 15.0. The van der Waals surface area contributed by atoms with Crippen LogP contribution in [-0.2, 0) is 5.41 Å². The molecule has 0 radical (unpaired) electrons. The van der Waals surface area contributed by atoms with Crippen LogP contribution >= 0.6 is 0 Å². The van der Waals surface area contributed by atoms with Crippen molar-refractivity contribution in [2.24, 2.45) is 0 Å². The molecule has 0 bridgehead atoms. The summed E-state index contributed by atoms with van der Waals surface area (Å²) in [6, 6.07) is 64.9. The first-order chi connectivity index (χ1) is 28.3. The van der Waals surface area contributed by atoms with Gasteiger partial charge in [-0.15, -0.1) is 0 Å². The van der Waals surface area contributed by atoms with Gasteiger partial charge < -0.3 is 8.98 Å². The first-order valence-corrected chi connectivity index (χ1v) is 19.4. The summed E-state index contributed by atoms with van der Waals surface area (Å²) in [6.07, 6.45) is 0. The van der Waals surface area contributed by atoms with Gasteiger partial charge in [-0.1, -0.05) is 146 Å². The zero-order valence-electron chi connectivity index (χ0n) is 30.5. The van der Waals surface area contributed by atoms with Gasteiger partial charge >= 0.3 is 0 Å². The second-order valence-corrected chi connectivity index (χ2v) is 15.1. The Labute approximate surface area is 327 Å². The van der Waals surface area contributed by atoms with E-state index in [0.717, 1.165) is 38.6 Å². The molecule has 1 atom stereocenters. The van der Waals surface area contributed by atoms with Crippen molar-refractivity contribution in [3.05, 3.63) is 204 Å². The molecule has 0 fully saturated rings. The lowest BCUT2D eigenvalue weighted by Crippen LogP contribution is -2.33. The van der Waals surface area contributed by atoms with Crippen molar-refractivity contribution in [1.29, 1.82) is 0 Å². The molecule has 1 aliphatic heterocycles. The predicted molar refractivity (Wildman–Crippen MR) is 229 cm³/mol. The molecule has 57 heavy (non-hydrogen) atoms. The minimum absolute atomic E-state index is 0.577. The van der Waals surface area contributed by atoms with Gasteiger partial charge in [0.15, 0.2) is 17.5 Å². The van der Waals surface area contributed by atoms with Crippen LogP contribution in [0.15, 0.2) is 186 Å². The molecule has 3 aromatic heterocycles. The van der Waals surface area contributed by atoms with Gasteiger partial charge in [0.1, 0.15) is 11.2 Å². The quantitative estimate of drug-likeness (QED) is 0.182. The molecule has 13 rings (SSSR count). The number of para-hydroxylation sites is 4. The molecule has 11 aromatic rings. The molecule has 264 valence electrons. The summed E-state index contributed by atoms with van der Waals surface area (Å²) < 4.78 is 8.79. The lowest BCUT2D eigenvalue weighted by Gasteiger charge is -2.39. The van der Waals surface area contributed by atoms with Gasteiger partial charge in [0, 0.05) is 38.2 Å². The standard InChI is InChI=1S/C52H30N4O/c1-2-13-31(14-3-1)49-53-50(55-51(54-49)33-26-28-38-37-17-6-11-24-46(37)57-47(38)30-33)32-25-27-35-34-15-4-7-19-40(34)52(43(35)29-32)41-20-8-10-23-45(41)56-44-22-9-5-16-36(44)39-18-12-21-42(52)48(39)56/h1-30H. The zero-order valence-corrected chi connectivity index (χ0v) is 30.5. The fraction of sp³-hybridized carbons (Fsp3) is 0.0192. The average Bonchev–Trinajstić information content (AvgIpc) is 3.92. The molecule has 0 amide bonds. The number of rotatable bonds is 3. The van der Waals surface area contributed by atoms with Crippen molar-refractivity contribution in [2.75, 3.05) is 0 Å². The van der Waals surface area contributed by atoms with Crippen LogP contribution in [0.1, 0.15) is 22.3 Å². The molecule has 1 spiro atoms. The fourth-order valence-electron chi connectivity index (χ4n) is 9.92. The van der Waals surface area contributed by atoms with Gasteiger partial charge in [0.25, 0.3) is 0 Å². The Morgan fingerprint density at radius 1 is 0.386 bits per heavy atom. The maximum Gasteiger partial charge on any atom is 0.164 e. The molecule has 2 aliphatic rings. The molecule has 5 heteroatoms. The maximum absolute atomic E-state index is 6.31. The first-order valence-electron chi connectivity index (χ1n) is 19.4. The van der Waals surface area contributed by atoms with E-state index in [-0.39, 0.29) is 0 Å². The first kappa shape index (κ1) is 30.7. The van der Waals surface area contributed by atoms with E-state index in [4.69, 9.17) is 19.4 Å². The van der Waals surface area contributed by atoms with Crippen LogP contribution in [0.5, 0.6) is 0 Å². The Balaban J connectivity index is 1.08. The molecular weight excluding hydrogens is 697 g/mol. The Morgan fingerprint density at radius 2 is 1.00 bits per heavy atom. The lowest BCUT2D eigenvalue weighted by atomic mass is 9.65. The van der Waals surface area contributed by atoms with E-state index in [2.05, 4.69) is 150 Å².